The molecule has 0 spiro atoms. The number of hydrogen-bond acceptors (Lipinski definition) is 2. The summed E-state index contributed by atoms with van der Waals surface area (Å²) in [5.74, 6) is 4.29. The van der Waals surface area contributed by atoms with E-state index >= 15 is 0 Å². The quantitative estimate of drug-likeness (QED) is 0.576. The van der Waals surface area contributed by atoms with Gasteiger partial charge in [-0.05, 0) is 131 Å². The van der Waals surface area contributed by atoms with E-state index in [2.05, 4.69) is 45.1 Å². The first-order chi connectivity index (χ1) is 15.7. The van der Waals surface area contributed by atoms with Gasteiger partial charge >= 0.3 is 0 Å². The van der Waals surface area contributed by atoms with Crippen LogP contribution in [0.25, 0.3) is 0 Å². The summed E-state index contributed by atoms with van der Waals surface area (Å²) in [6.45, 7) is 7.54. The SMILES string of the molecule is C[C@H](NC(=O)c1ccccc1)[C@H]1CC[C@H]2[C@@H]3CC[C@H]4C[C@@H](N(C)C)CC[C@]4(C)[C@H]3CC[C@]12C. The van der Waals surface area contributed by atoms with Gasteiger partial charge in [0.25, 0.3) is 5.91 Å². The van der Waals surface area contributed by atoms with E-state index in [-0.39, 0.29) is 11.9 Å². The number of hydrogen-bond donors (Lipinski definition) is 1. The number of benzene rings is 1. The molecule has 1 N–H and O–H groups in total. The maximum Gasteiger partial charge on any atom is 0.251 e. The zero-order valence-corrected chi connectivity index (χ0v) is 21.6. The van der Waals surface area contributed by atoms with Crippen LogP contribution < -0.4 is 5.32 Å². The third-order valence-corrected chi connectivity index (χ3v) is 11.4. The Morgan fingerprint density at radius 1 is 0.939 bits per heavy atom. The van der Waals surface area contributed by atoms with Crippen LogP contribution in [0.4, 0.5) is 0 Å². The van der Waals surface area contributed by atoms with E-state index in [4.69, 9.17) is 0 Å². The van der Waals surface area contributed by atoms with Crippen molar-refractivity contribution < 1.29 is 4.79 Å². The van der Waals surface area contributed by atoms with E-state index in [9.17, 15) is 4.79 Å². The van der Waals surface area contributed by atoms with Crippen LogP contribution in [0, 0.1) is 40.4 Å². The average Bonchev–Trinajstić information content (AvgIpc) is 3.16. The lowest BCUT2D eigenvalue weighted by Crippen LogP contribution is -2.56. The molecule has 182 valence electrons. The van der Waals surface area contributed by atoms with Crippen molar-refractivity contribution in [3.05, 3.63) is 35.9 Å². The average molecular weight is 451 g/mol. The summed E-state index contributed by atoms with van der Waals surface area (Å²) in [5.41, 5.74) is 1.73. The first kappa shape index (κ1) is 23.4. The first-order valence-electron chi connectivity index (χ1n) is 13.8. The van der Waals surface area contributed by atoms with Gasteiger partial charge in [-0.25, -0.2) is 0 Å². The summed E-state index contributed by atoms with van der Waals surface area (Å²) in [7, 11) is 4.56. The van der Waals surface area contributed by atoms with Crippen LogP contribution in [0.2, 0.25) is 0 Å². The Kier molecular flexibility index (Phi) is 6.17. The highest BCUT2D eigenvalue weighted by atomic mass is 16.1. The molecule has 0 bridgehead atoms. The molecule has 0 saturated heterocycles. The molecule has 4 aliphatic rings. The van der Waals surface area contributed by atoms with Crippen molar-refractivity contribution in [1.82, 2.24) is 10.2 Å². The Morgan fingerprint density at radius 3 is 2.36 bits per heavy atom. The van der Waals surface area contributed by atoms with Gasteiger partial charge in [0.1, 0.15) is 0 Å². The summed E-state index contributed by atoms with van der Waals surface area (Å²) in [4.78, 5) is 15.3. The van der Waals surface area contributed by atoms with Crippen molar-refractivity contribution in [3.63, 3.8) is 0 Å². The van der Waals surface area contributed by atoms with Crippen molar-refractivity contribution in [2.75, 3.05) is 14.1 Å². The molecule has 3 heteroatoms. The predicted octanol–water partition coefficient (Wildman–Crippen LogP) is 6.39. The fourth-order valence-electron chi connectivity index (χ4n) is 9.55. The summed E-state index contributed by atoms with van der Waals surface area (Å²) in [6, 6.07) is 10.8. The molecule has 4 saturated carbocycles. The summed E-state index contributed by atoms with van der Waals surface area (Å²) >= 11 is 0. The molecule has 0 radical (unpaired) electrons. The molecular formula is C30H46N2O. The van der Waals surface area contributed by atoms with Crippen molar-refractivity contribution >= 4 is 5.91 Å². The Balaban J connectivity index is 1.30. The number of rotatable bonds is 4. The summed E-state index contributed by atoms with van der Waals surface area (Å²) in [5, 5.41) is 3.39. The van der Waals surface area contributed by atoms with Crippen LogP contribution in [-0.4, -0.2) is 37.0 Å². The minimum atomic E-state index is 0.0921. The maximum absolute atomic E-state index is 12.9. The topological polar surface area (TPSA) is 32.3 Å². The zero-order chi connectivity index (χ0) is 23.4. The highest BCUT2D eigenvalue weighted by molar-refractivity contribution is 5.94. The standard InChI is InChI=1S/C30H46N2O/c1-20(31-28(33)21-9-7-6-8-10-21)25-13-14-26-24-12-11-22-19-23(32(4)5)15-17-29(22,2)27(24)16-18-30(25,26)3/h6-10,20,22-27H,11-19H2,1-5H3,(H,31,33)/t20-,22-,23-,24-,25+,26-,27-,29-,30+/m0/s1. The summed E-state index contributed by atoms with van der Waals surface area (Å²) in [6.07, 6.45) is 12.5. The van der Waals surface area contributed by atoms with E-state index in [1.54, 1.807) is 0 Å². The molecule has 5 rings (SSSR count). The smallest absolute Gasteiger partial charge is 0.251 e. The number of carbonyl (C=O) groups is 1. The molecule has 33 heavy (non-hydrogen) atoms. The Hall–Kier alpha value is -1.35. The van der Waals surface area contributed by atoms with Gasteiger partial charge in [0, 0.05) is 17.6 Å². The summed E-state index contributed by atoms with van der Waals surface area (Å²) < 4.78 is 0. The molecule has 0 unspecified atom stereocenters. The van der Waals surface area contributed by atoms with Gasteiger partial charge in [0.2, 0.25) is 0 Å². The van der Waals surface area contributed by atoms with Gasteiger partial charge in [0.15, 0.2) is 0 Å². The van der Waals surface area contributed by atoms with Crippen LogP contribution in [0.5, 0.6) is 0 Å². The highest BCUT2D eigenvalue weighted by Crippen LogP contribution is 2.67. The van der Waals surface area contributed by atoms with E-state index in [0.29, 0.717) is 16.7 Å². The number of nitrogens with zero attached hydrogens (tertiary/aromatic N) is 1. The molecule has 0 heterocycles. The number of carbonyl (C=O) groups excluding carboxylic acids is 1. The first-order valence-corrected chi connectivity index (χ1v) is 13.8. The Bertz CT molecular complexity index is 852. The molecule has 0 aromatic heterocycles. The zero-order valence-electron chi connectivity index (χ0n) is 21.6. The number of fused-ring (bicyclic) bond motifs is 5. The van der Waals surface area contributed by atoms with Crippen molar-refractivity contribution in [3.8, 4) is 0 Å². The van der Waals surface area contributed by atoms with E-state index in [1.807, 2.05) is 30.3 Å². The lowest BCUT2D eigenvalue weighted by atomic mass is 9.44. The molecule has 4 aliphatic carbocycles. The molecule has 0 aliphatic heterocycles. The molecular weight excluding hydrogens is 404 g/mol. The fraction of sp³-hybridized carbons (Fsp3) is 0.767. The lowest BCUT2D eigenvalue weighted by Gasteiger charge is -2.61. The second-order valence-electron chi connectivity index (χ2n) is 12.9. The van der Waals surface area contributed by atoms with Gasteiger partial charge in [-0.2, -0.15) is 0 Å². The molecule has 4 fully saturated rings. The van der Waals surface area contributed by atoms with Crippen molar-refractivity contribution in [1.29, 1.82) is 0 Å². The molecule has 1 aromatic rings. The van der Waals surface area contributed by atoms with Gasteiger partial charge in [-0.15, -0.1) is 0 Å². The second-order valence-corrected chi connectivity index (χ2v) is 12.9. The maximum atomic E-state index is 12.9. The van der Waals surface area contributed by atoms with Crippen LogP contribution in [0.1, 0.15) is 88.9 Å². The van der Waals surface area contributed by atoms with E-state index < -0.39 is 0 Å². The highest BCUT2D eigenvalue weighted by Gasteiger charge is 2.60. The predicted molar refractivity (Wildman–Crippen MR) is 136 cm³/mol. The Morgan fingerprint density at radius 2 is 1.64 bits per heavy atom. The molecule has 1 aromatic carbocycles. The van der Waals surface area contributed by atoms with Crippen LogP contribution in [0.15, 0.2) is 30.3 Å². The van der Waals surface area contributed by atoms with Gasteiger partial charge in [-0.3, -0.25) is 4.79 Å². The minimum absolute atomic E-state index is 0.0921. The Labute approximate surface area is 202 Å². The van der Waals surface area contributed by atoms with Crippen LogP contribution in [-0.2, 0) is 0 Å². The van der Waals surface area contributed by atoms with Gasteiger partial charge in [-0.1, -0.05) is 32.0 Å². The lowest BCUT2D eigenvalue weighted by molar-refractivity contribution is -0.120. The molecule has 9 atom stereocenters. The molecule has 3 nitrogen and oxygen atoms in total. The van der Waals surface area contributed by atoms with Gasteiger partial charge < -0.3 is 10.2 Å². The van der Waals surface area contributed by atoms with Crippen molar-refractivity contribution in [2.45, 2.75) is 90.6 Å². The number of nitrogens with one attached hydrogen (secondary N) is 1. The third kappa shape index (κ3) is 3.87. The molecule has 1 amide bonds. The fourth-order valence-corrected chi connectivity index (χ4v) is 9.55. The van der Waals surface area contributed by atoms with Crippen molar-refractivity contribution in [2.24, 2.45) is 40.4 Å². The van der Waals surface area contributed by atoms with Crippen LogP contribution in [0.3, 0.4) is 0 Å². The normalized spacial score (nSPS) is 43.3. The van der Waals surface area contributed by atoms with E-state index in [1.165, 1.54) is 57.8 Å². The van der Waals surface area contributed by atoms with E-state index in [0.717, 1.165) is 35.3 Å². The van der Waals surface area contributed by atoms with Crippen LogP contribution >= 0.6 is 0 Å². The largest absolute Gasteiger partial charge is 0.349 e. The number of amides is 1. The third-order valence-electron chi connectivity index (χ3n) is 11.4. The second kappa shape index (κ2) is 8.70. The monoisotopic (exact) mass is 450 g/mol. The minimum Gasteiger partial charge on any atom is -0.349 e. The van der Waals surface area contributed by atoms with Gasteiger partial charge in [0.05, 0.1) is 0 Å².